The maximum Gasteiger partial charge on any atom is 0.319 e. The SMILES string of the molecule is O=C(Nc1ccccc1)NC1CCN(c2ccncc2Br)CC1. The number of piperidine rings is 1. The van der Waals surface area contributed by atoms with Crippen LogP contribution in [0.4, 0.5) is 16.2 Å². The number of hydrogen-bond donors (Lipinski definition) is 2. The van der Waals surface area contributed by atoms with E-state index in [9.17, 15) is 4.79 Å². The van der Waals surface area contributed by atoms with Crippen LogP contribution in [0.2, 0.25) is 0 Å². The molecule has 0 radical (unpaired) electrons. The maximum atomic E-state index is 12.0. The molecule has 120 valence electrons. The molecule has 1 aromatic carbocycles. The Bertz CT molecular complexity index is 657. The van der Waals surface area contributed by atoms with Gasteiger partial charge in [0.05, 0.1) is 10.2 Å². The number of anilines is 2. The van der Waals surface area contributed by atoms with Gasteiger partial charge in [0.1, 0.15) is 0 Å². The zero-order valence-corrected chi connectivity index (χ0v) is 14.3. The molecule has 3 rings (SSSR count). The topological polar surface area (TPSA) is 57.3 Å². The predicted molar refractivity (Wildman–Crippen MR) is 95.8 cm³/mol. The molecule has 1 fully saturated rings. The van der Waals surface area contributed by atoms with Crippen molar-refractivity contribution in [3.63, 3.8) is 0 Å². The summed E-state index contributed by atoms with van der Waals surface area (Å²) in [6.45, 7) is 1.83. The van der Waals surface area contributed by atoms with E-state index >= 15 is 0 Å². The van der Waals surface area contributed by atoms with Crippen LogP contribution in [0, 0.1) is 0 Å². The first-order valence-corrected chi connectivity index (χ1v) is 8.49. The Kier molecular flexibility index (Phi) is 5.12. The Labute approximate surface area is 144 Å². The molecule has 2 aromatic rings. The molecule has 23 heavy (non-hydrogen) atoms. The summed E-state index contributed by atoms with van der Waals surface area (Å²) in [7, 11) is 0. The number of urea groups is 1. The van der Waals surface area contributed by atoms with Crippen molar-refractivity contribution in [2.75, 3.05) is 23.3 Å². The fraction of sp³-hybridized carbons (Fsp3) is 0.294. The highest BCUT2D eigenvalue weighted by molar-refractivity contribution is 9.10. The maximum absolute atomic E-state index is 12.0. The number of rotatable bonds is 3. The van der Waals surface area contributed by atoms with Crippen LogP contribution >= 0.6 is 15.9 Å². The minimum absolute atomic E-state index is 0.139. The van der Waals surface area contributed by atoms with Gasteiger partial charge in [-0.05, 0) is 47.0 Å². The van der Waals surface area contributed by atoms with Gasteiger partial charge in [0.2, 0.25) is 0 Å². The van der Waals surface area contributed by atoms with Gasteiger partial charge in [-0.25, -0.2) is 4.79 Å². The third-order valence-electron chi connectivity index (χ3n) is 3.95. The van der Waals surface area contributed by atoms with Gasteiger partial charge in [-0.1, -0.05) is 18.2 Å². The van der Waals surface area contributed by atoms with Crippen LogP contribution in [-0.4, -0.2) is 30.1 Å². The normalized spacial score (nSPS) is 15.3. The van der Waals surface area contributed by atoms with Crippen molar-refractivity contribution >= 4 is 33.3 Å². The van der Waals surface area contributed by atoms with Crippen LogP contribution in [0.5, 0.6) is 0 Å². The van der Waals surface area contributed by atoms with E-state index in [4.69, 9.17) is 0 Å². The lowest BCUT2D eigenvalue weighted by Crippen LogP contribution is -2.46. The van der Waals surface area contributed by atoms with Gasteiger partial charge in [0, 0.05) is 37.2 Å². The largest absolute Gasteiger partial charge is 0.370 e. The van der Waals surface area contributed by atoms with Gasteiger partial charge in [0.25, 0.3) is 0 Å². The van der Waals surface area contributed by atoms with Crippen molar-refractivity contribution in [1.82, 2.24) is 10.3 Å². The van der Waals surface area contributed by atoms with Crippen LogP contribution in [0.25, 0.3) is 0 Å². The second-order valence-electron chi connectivity index (χ2n) is 5.55. The van der Waals surface area contributed by atoms with E-state index in [2.05, 4.69) is 36.4 Å². The predicted octanol–water partition coefficient (Wildman–Crippen LogP) is 3.63. The molecule has 1 saturated heterocycles. The van der Waals surface area contributed by atoms with Gasteiger partial charge < -0.3 is 15.5 Å². The number of hydrogen-bond acceptors (Lipinski definition) is 3. The molecule has 0 saturated carbocycles. The average Bonchev–Trinajstić information content (AvgIpc) is 2.57. The second-order valence-corrected chi connectivity index (χ2v) is 6.41. The first-order chi connectivity index (χ1) is 11.2. The molecule has 2 N–H and O–H groups in total. The van der Waals surface area contributed by atoms with Crippen LogP contribution < -0.4 is 15.5 Å². The number of halogens is 1. The highest BCUT2D eigenvalue weighted by Gasteiger charge is 2.21. The molecule has 1 aliphatic heterocycles. The van der Waals surface area contributed by atoms with E-state index in [1.54, 1.807) is 6.20 Å². The van der Waals surface area contributed by atoms with E-state index in [1.807, 2.05) is 42.6 Å². The Morgan fingerprint density at radius 3 is 2.61 bits per heavy atom. The van der Waals surface area contributed by atoms with Crippen LogP contribution in [0.15, 0.2) is 53.3 Å². The fourth-order valence-corrected chi connectivity index (χ4v) is 3.26. The summed E-state index contributed by atoms with van der Waals surface area (Å²) in [6.07, 6.45) is 5.47. The van der Waals surface area contributed by atoms with E-state index < -0.39 is 0 Å². The van der Waals surface area contributed by atoms with Crippen LogP contribution in [0.3, 0.4) is 0 Å². The van der Waals surface area contributed by atoms with E-state index in [1.165, 1.54) is 0 Å². The Morgan fingerprint density at radius 1 is 1.17 bits per heavy atom. The summed E-state index contributed by atoms with van der Waals surface area (Å²) in [5.41, 5.74) is 1.97. The number of aromatic nitrogens is 1. The Morgan fingerprint density at radius 2 is 1.91 bits per heavy atom. The number of benzene rings is 1. The minimum Gasteiger partial charge on any atom is -0.370 e. The first-order valence-electron chi connectivity index (χ1n) is 7.69. The lowest BCUT2D eigenvalue weighted by molar-refractivity contribution is 0.246. The molecule has 2 amide bonds. The summed E-state index contributed by atoms with van der Waals surface area (Å²) < 4.78 is 1.01. The lowest BCUT2D eigenvalue weighted by atomic mass is 10.0. The number of nitrogens with one attached hydrogen (secondary N) is 2. The number of carbonyl (C=O) groups is 1. The molecule has 1 aliphatic rings. The number of carbonyl (C=O) groups excluding carboxylic acids is 1. The summed E-state index contributed by atoms with van der Waals surface area (Å²) in [5, 5.41) is 5.91. The average molecular weight is 375 g/mol. The van der Waals surface area contributed by atoms with Crippen molar-refractivity contribution < 1.29 is 4.79 Å². The minimum atomic E-state index is -0.139. The van der Waals surface area contributed by atoms with Crippen molar-refractivity contribution in [3.8, 4) is 0 Å². The summed E-state index contributed by atoms with van der Waals surface area (Å²) >= 11 is 3.54. The molecule has 0 spiro atoms. The zero-order chi connectivity index (χ0) is 16.1. The van der Waals surface area contributed by atoms with Crippen LogP contribution in [0.1, 0.15) is 12.8 Å². The van der Waals surface area contributed by atoms with Gasteiger partial charge in [-0.3, -0.25) is 4.98 Å². The van der Waals surface area contributed by atoms with E-state index in [0.717, 1.165) is 41.8 Å². The smallest absolute Gasteiger partial charge is 0.319 e. The summed E-state index contributed by atoms with van der Waals surface area (Å²) in [6, 6.07) is 11.6. The van der Waals surface area contributed by atoms with Crippen molar-refractivity contribution in [2.45, 2.75) is 18.9 Å². The summed E-state index contributed by atoms with van der Waals surface area (Å²) in [5.74, 6) is 0. The third-order valence-corrected chi connectivity index (χ3v) is 4.56. The Hall–Kier alpha value is -2.08. The number of para-hydroxylation sites is 1. The van der Waals surface area contributed by atoms with Gasteiger partial charge in [0.15, 0.2) is 0 Å². The quantitative estimate of drug-likeness (QED) is 0.862. The highest BCUT2D eigenvalue weighted by atomic mass is 79.9. The highest BCUT2D eigenvalue weighted by Crippen LogP contribution is 2.27. The molecular formula is C17H19BrN4O. The fourth-order valence-electron chi connectivity index (χ4n) is 2.76. The number of amides is 2. The zero-order valence-electron chi connectivity index (χ0n) is 12.7. The van der Waals surface area contributed by atoms with Crippen molar-refractivity contribution in [1.29, 1.82) is 0 Å². The number of pyridine rings is 1. The lowest BCUT2D eigenvalue weighted by Gasteiger charge is -2.34. The standard InChI is InChI=1S/C17H19BrN4O/c18-15-12-19-9-6-16(15)22-10-7-14(8-11-22)21-17(23)20-13-4-2-1-3-5-13/h1-6,9,12,14H,7-8,10-11H2,(H2,20,21,23). The van der Waals surface area contributed by atoms with Crippen molar-refractivity contribution in [3.05, 3.63) is 53.3 Å². The van der Waals surface area contributed by atoms with Gasteiger partial charge in [-0.15, -0.1) is 0 Å². The molecule has 0 bridgehead atoms. The molecule has 0 atom stereocenters. The Balaban J connectivity index is 1.49. The van der Waals surface area contributed by atoms with Crippen molar-refractivity contribution in [2.24, 2.45) is 0 Å². The second kappa shape index (κ2) is 7.46. The van der Waals surface area contributed by atoms with E-state index in [-0.39, 0.29) is 12.1 Å². The molecule has 0 unspecified atom stereocenters. The number of nitrogens with zero attached hydrogens (tertiary/aromatic N) is 2. The van der Waals surface area contributed by atoms with Gasteiger partial charge >= 0.3 is 6.03 Å². The molecule has 5 nitrogen and oxygen atoms in total. The third kappa shape index (κ3) is 4.22. The van der Waals surface area contributed by atoms with E-state index in [0.29, 0.717) is 0 Å². The van der Waals surface area contributed by atoms with Gasteiger partial charge in [-0.2, -0.15) is 0 Å². The molecule has 2 heterocycles. The molecule has 0 aliphatic carbocycles. The summed E-state index contributed by atoms with van der Waals surface area (Å²) in [4.78, 5) is 18.4. The molecule has 6 heteroatoms. The van der Waals surface area contributed by atoms with Crippen LogP contribution in [-0.2, 0) is 0 Å². The first kappa shape index (κ1) is 15.8. The molecular weight excluding hydrogens is 356 g/mol. The monoisotopic (exact) mass is 374 g/mol. The molecule has 1 aromatic heterocycles.